The predicted molar refractivity (Wildman–Crippen MR) is 246 cm³/mol. The van der Waals surface area contributed by atoms with Gasteiger partial charge in [0.05, 0.1) is 49.1 Å². The van der Waals surface area contributed by atoms with Gasteiger partial charge >= 0.3 is 12.2 Å². The number of imidazole rings is 1. The molecule has 2 aromatic heterocycles. The van der Waals surface area contributed by atoms with E-state index in [1.165, 1.54) is 14.2 Å². The van der Waals surface area contributed by atoms with Crippen molar-refractivity contribution in [3.8, 4) is 33.5 Å². The Morgan fingerprint density at radius 3 is 1.91 bits per heavy atom. The normalized spacial score (nSPS) is 21.5. The molecule has 2 aliphatic carbocycles. The first-order valence-electron chi connectivity index (χ1n) is 23.1. The number of halogens is 2. The average molecular weight is 919 g/mol. The van der Waals surface area contributed by atoms with E-state index in [0.717, 1.165) is 57.5 Å². The van der Waals surface area contributed by atoms with E-state index in [-0.39, 0.29) is 54.0 Å². The van der Waals surface area contributed by atoms with E-state index in [9.17, 15) is 24.0 Å². The molecule has 5 aromatic rings. The maximum atomic E-state index is 15.2. The largest absolute Gasteiger partial charge is 0.453 e. The molecule has 4 heterocycles. The molecule has 0 bridgehead atoms. The van der Waals surface area contributed by atoms with Crippen molar-refractivity contribution in [2.24, 2.45) is 17.8 Å². The number of alkyl halides is 2. The number of carbonyl (C=O) groups is 4. The molecule has 2 aliphatic heterocycles. The van der Waals surface area contributed by atoms with Gasteiger partial charge in [-0.05, 0) is 101 Å². The highest BCUT2D eigenvalue weighted by molar-refractivity contribution is 5.89. The summed E-state index contributed by atoms with van der Waals surface area (Å²) in [5, 5.41) is 5.66. The summed E-state index contributed by atoms with van der Waals surface area (Å²) in [7, 11) is 2.51. The van der Waals surface area contributed by atoms with Crippen LogP contribution in [0.1, 0.15) is 101 Å². The Balaban J connectivity index is 0.975. The van der Waals surface area contributed by atoms with Crippen molar-refractivity contribution in [1.29, 1.82) is 0 Å². The Hall–Kier alpha value is -6.65. The summed E-state index contributed by atoms with van der Waals surface area (Å²) >= 11 is 0. The van der Waals surface area contributed by atoms with Gasteiger partial charge in [-0.3, -0.25) is 14.4 Å². The van der Waals surface area contributed by atoms with Gasteiger partial charge in [0.15, 0.2) is 0 Å². The Morgan fingerprint density at radius 1 is 0.761 bits per heavy atom. The van der Waals surface area contributed by atoms with Gasteiger partial charge in [-0.1, -0.05) is 70.2 Å². The second-order valence-electron chi connectivity index (χ2n) is 19.0. The molecule has 4 N–H and O–H groups in total. The summed E-state index contributed by atoms with van der Waals surface area (Å²) in [4.78, 5) is 84.6. The third-order valence-corrected chi connectivity index (χ3v) is 14.3. The zero-order chi connectivity index (χ0) is 47.5. The van der Waals surface area contributed by atoms with Gasteiger partial charge in [-0.15, -0.1) is 0 Å². The van der Waals surface area contributed by atoms with Crippen molar-refractivity contribution in [3.63, 3.8) is 0 Å². The fourth-order valence-corrected chi connectivity index (χ4v) is 10.7. The lowest BCUT2D eigenvalue weighted by molar-refractivity contribution is -0.141. The van der Waals surface area contributed by atoms with Gasteiger partial charge in [0.1, 0.15) is 23.7 Å². The molecule has 4 amide bonds. The number of fused-ring (bicyclic) bond motifs is 4. The lowest BCUT2D eigenvalue weighted by Gasteiger charge is -2.40. The maximum Gasteiger partial charge on any atom is 0.407 e. The number of nitrogens with zero attached hydrogens (tertiary/aromatic N) is 4. The second kappa shape index (κ2) is 17.9. The number of hydrogen-bond acceptors (Lipinski definition) is 9. The van der Waals surface area contributed by atoms with Crippen LogP contribution < -0.4 is 16.2 Å². The van der Waals surface area contributed by atoms with Crippen LogP contribution in [0, 0.1) is 17.8 Å². The minimum absolute atomic E-state index is 0.154. The standard InChI is InChI=1S/C50H56F2N8O7/c1-25(2)41(56-48(64)66-5)46(62)59-19-7-9-38(59)43-53-24-37(55-43)28-13-11-27(12-14-28)31-17-16-30(32-22-35-34(40(31)32)23-50(35,51)52)29-15-18-36-33(21-29)45(61)58-44(54-36)39-10-8-20-60(39)47(63)42(26(3)4)57-49(65)67-6/h11-18,21,24-26,34-35,38-39,41-42H,7-10,19-20,22-23H2,1-6H3,(H,53,55)(H,56,64)(H,57,65)(H,54,58,61). The zero-order valence-corrected chi connectivity index (χ0v) is 38.5. The molecule has 2 saturated heterocycles. The third-order valence-electron chi connectivity index (χ3n) is 14.3. The molecule has 9 rings (SSSR count). The Labute approximate surface area is 386 Å². The lowest BCUT2D eigenvalue weighted by atomic mass is 9.69. The number of nitrogens with one attached hydrogen (secondary N) is 4. The molecule has 0 spiro atoms. The van der Waals surface area contributed by atoms with Crippen LogP contribution in [-0.4, -0.2) is 99.1 Å². The van der Waals surface area contributed by atoms with Gasteiger partial charge < -0.3 is 39.9 Å². The Kier molecular flexibility index (Phi) is 12.1. The Bertz CT molecular complexity index is 2810. The van der Waals surface area contributed by atoms with Gasteiger partial charge in [0, 0.05) is 25.4 Å². The van der Waals surface area contributed by atoms with E-state index in [1.807, 2.05) is 70.2 Å². The number of amides is 4. The van der Waals surface area contributed by atoms with Crippen LogP contribution in [0.5, 0.6) is 0 Å². The molecule has 17 heteroatoms. The van der Waals surface area contributed by atoms with Crippen LogP contribution in [0.15, 0.2) is 65.6 Å². The number of H-pyrrole nitrogens is 2. The van der Waals surface area contributed by atoms with Crippen molar-refractivity contribution in [2.45, 2.75) is 102 Å². The summed E-state index contributed by atoms with van der Waals surface area (Å²) in [6.07, 6.45) is 3.16. The molecule has 0 radical (unpaired) electrons. The molecule has 4 aliphatic rings. The molecule has 352 valence electrons. The summed E-state index contributed by atoms with van der Waals surface area (Å²) in [5.74, 6) is -3.74. The molecule has 15 nitrogen and oxygen atoms in total. The first-order chi connectivity index (χ1) is 32.1. The highest BCUT2D eigenvalue weighted by Gasteiger charge is 2.60. The molecule has 67 heavy (non-hydrogen) atoms. The van der Waals surface area contributed by atoms with E-state index in [1.54, 1.807) is 28.1 Å². The summed E-state index contributed by atoms with van der Waals surface area (Å²) in [6, 6.07) is 14.9. The number of hydrogen-bond donors (Lipinski definition) is 4. The number of rotatable bonds is 11. The SMILES string of the molecule is COC(=O)NC(C(=O)N1CCCC1c1ncc(-c2ccc(-c3ccc(-c4ccc5nc(C6CCCN6C(=O)C(NC(=O)OC)C(C)C)[nH]c(=O)c5c4)c4c3C3CC(F)(F)C3C4)cc2)[nH]1)C(C)C. The molecule has 3 aromatic carbocycles. The number of ether oxygens (including phenoxy) is 2. The fourth-order valence-electron chi connectivity index (χ4n) is 10.7. The summed E-state index contributed by atoms with van der Waals surface area (Å²) < 4.78 is 39.9. The summed E-state index contributed by atoms with van der Waals surface area (Å²) in [5.41, 5.74) is 6.76. The van der Waals surface area contributed by atoms with Crippen molar-refractivity contribution < 1.29 is 37.4 Å². The minimum atomic E-state index is -2.78. The fraction of sp³-hybridized carbons (Fsp3) is 0.460. The van der Waals surface area contributed by atoms with Crippen molar-refractivity contribution >= 4 is 34.9 Å². The van der Waals surface area contributed by atoms with Gasteiger partial charge in [-0.2, -0.15) is 0 Å². The first kappa shape index (κ1) is 45.5. The molecular weight excluding hydrogens is 863 g/mol. The number of carbonyl (C=O) groups excluding carboxylic acids is 4. The second-order valence-corrected chi connectivity index (χ2v) is 19.0. The predicted octanol–water partition coefficient (Wildman–Crippen LogP) is 8.03. The smallest absolute Gasteiger partial charge is 0.407 e. The highest BCUT2D eigenvalue weighted by atomic mass is 19.3. The van der Waals surface area contributed by atoms with Crippen molar-refractivity contribution in [1.82, 2.24) is 40.4 Å². The molecule has 1 saturated carbocycles. The minimum Gasteiger partial charge on any atom is -0.453 e. The number of alkyl carbamates (subject to hydrolysis) is 2. The third kappa shape index (κ3) is 8.30. The van der Waals surface area contributed by atoms with Gasteiger partial charge in [-0.25, -0.2) is 28.3 Å². The van der Waals surface area contributed by atoms with Gasteiger partial charge in [0.25, 0.3) is 11.5 Å². The monoisotopic (exact) mass is 918 g/mol. The van der Waals surface area contributed by atoms with E-state index in [2.05, 4.69) is 25.6 Å². The van der Waals surface area contributed by atoms with E-state index < -0.39 is 42.2 Å². The lowest BCUT2D eigenvalue weighted by Crippen LogP contribution is -2.51. The van der Waals surface area contributed by atoms with E-state index in [0.29, 0.717) is 48.5 Å². The average Bonchev–Trinajstić information content (AvgIpc) is 4.15. The van der Waals surface area contributed by atoms with Crippen LogP contribution in [0.25, 0.3) is 44.4 Å². The van der Waals surface area contributed by atoms with E-state index in [4.69, 9.17) is 14.5 Å². The van der Waals surface area contributed by atoms with Crippen LogP contribution in [0.3, 0.4) is 0 Å². The number of benzene rings is 3. The zero-order valence-electron chi connectivity index (χ0n) is 38.5. The van der Waals surface area contributed by atoms with Crippen molar-refractivity contribution in [2.75, 3.05) is 27.3 Å². The van der Waals surface area contributed by atoms with Crippen molar-refractivity contribution in [3.05, 3.63) is 93.9 Å². The van der Waals surface area contributed by atoms with Crippen LogP contribution in [0.2, 0.25) is 0 Å². The number of aromatic amines is 2. The quantitative estimate of drug-likeness (QED) is 0.102. The van der Waals surface area contributed by atoms with Crippen LogP contribution >= 0.6 is 0 Å². The highest BCUT2D eigenvalue weighted by Crippen LogP contribution is 2.62. The summed E-state index contributed by atoms with van der Waals surface area (Å²) in [6.45, 7) is 8.40. The maximum absolute atomic E-state index is 15.2. The van der Waals surface area contributed by atoms with E-state index >= 15 is 8.78 Å². The molecule has 6 unspecified atom stereocenters. The topological polar surface area (TPSA) is 192 Å². The molecular formula is C50H56F2N8O7. The number of likely N-dealkylation sites (tertiary alicyclic amines) is 2. The number of methoxy groups -OCH3 is 2. The number of aromatic nitrogens is 4. The van der Waals surface area contributed by atoms with Crippen LogP contribution in [0.4, 0.5) is 18.4 Å². The van der Waals surface area contributed by atoms with Gasteiger partial charge in [0.2, 0.25) is 11.8 Å². The molecule has 6 atom stereocenters. The van der Waals surface area contributed by atoms with Crippen LogP contribution in [-0.2, 0) is 25.5 Å². The first-order valence-corrected chi connectivity index (χ1v) is 23.1. The molecule has 3 fully saturated rings. The Morgan fingerprint density at radius 2 is 1.33 bits per heavy atom.